The van der Waals surface area contributed by atoms with E-state index >= 15 is 0 Å². The van der Waals surface area contributed by atoms with Crippen molar-refractivity contribution in [3.8, 4) is 0 Å². The second-order valence-electron chi connectivity index (χ2n) is 2.94. The third-order valence-corrected chi connectivity index (χ3v) is 1.96. The largest absolute Gasteiger partial charge is 0.498 e. The smallest absolute Gasteiger partial charge is 0.139 e. The van der Waals surface area contributed by atoms with Crippen molar-refractivity contribution in [3.63, 3.8) is 0 Å². The van der Waals surface area contributed by atoms with Gasteiger partial charge < -0.3 is 24.1 Å². The summed E-state index contributed by atoms with van der Waals surface area (Å²) in [7, 11) is 6.12. The Kier molecular flexibility index (Phi) is 8.31. The number of aliphatic hydroxyl groups is 1. The Morgan fingerprint density at radius 2 is 1.87 bits per heavy atom. The standard InChI is InChI=1S/C10H20O5/c1-12-6-5-8(14-3)10(11)9(15-4)7-13-2/h5,9-11H,6-7H2,1-4H3/t9-,10-/m0/s1. The summed E-state index contributed by atoms with van der Waals surface area (Å²) in [5, 5.41) is 9.87. The van der Waals surface area contributed by atoms with Crippen molar-refractivity contribution in [2.24, 2.45) is 0 Å². The number of rotatable bonds is 8. The first kappa shape index (κ1) is 14.4. The van der Waals surface area contributed by atoms with E-state index in [1.165, 1.54) is 14.2 Å². The molecular formula is C10H20O5. The van der Waals surface area contributed by atoms with Crippen molar-refractivity contribution in [2.45, 2.75) is 12.2 Å². The predicted molar refractivity (Wildman–Crippen MR) is 55.6 cm³/mol. The first-order valence-electron chi connectivity index (χ1n) is 4.64. The minimum absolute atomic E-state index is 0.297. The molecule has 0 saturated carbocycles. The molecule has 90 valence electrons. The molecule has 0 radical (unpaired) electrons. The van der Waals surface area contributed by atoms with Crippen LogP contribution in [0.25, 0.3) is 0 Å². The molecular weight excluding hydrogens is 200 g/mol. The zero-order chi connectivity index (χ0) is 11.7. The van der Waals surface area contributed by atoms with Gasteiger partial charge in [0, 0.05) is 21.3 Å². The molecule has 1 N–H and O–H groups in total. The highest BCUT2D eigenvalue weighted by Crippen LogP contribution is 2.10. The molecule has 0 aromatic heterocycles. The highest BCUT2D eigenvalue weighted by Gasteiger charge is 2.23. The van der Waals surface area contributed by atoms with Crippen LogP contribution in [0.4, 0.5) is 0 Å². The number of hydrogen-bond donors (Lipinski definition) is 1. The van der Waals surface area contributed by atoms with Gasteiger partial charge in [-0.15, -0.1) is 0 Å². The van der Waals surface area contributed by atoms with E-state index in [0.717, 1.165) is 0 Å². The Bertz CT molecular complexity index is 181. The second-order valence-corrected chi connectivity index (χ2v) is 2.94. The van der Waals surface area contributed by atoms with Crippen LogP contribution in [0.2, 0.25) is 0 Å². The molecule has 0 aromatic carbocycles. The van der Waals surface area contributed by atoms with E-state index in [2.05, 4.69) is 0 Å². The monoisotopic (exact) mass is 220 g/mol. The SMILES string of the molecule is COCC=C(OC)[C@H](O)[C@H](COC)OC. The lowest BCUT2D eigenvalue weighted by Gasteiger charge is -2.22. The van der Waals surface area contributed by atoms with Crippen molar-refractivity contribution in [1.82, 2.24) is 0 Å². The molecule has 0 saturated heterocycles. The van der Waals surface area contributed by atoms with E-state index in [0.29, 0.717) is 19.0 Å². The van der Waals surface area contributed by atoms with Crippen LogP contribution in [0.1, 0.15) is 0 Å². The summed E-state index contributed by atoms with van der Waals surface area (Å²) in [4.78, 5) is 0. The molecule has 0 fully saturated rings. The summed E-state index contributed by atoms with van der Waals surface area (Å²) in [5.74, 6) is 0.417. The highest BCUT2D eigenvalue weighted by molar-refractivity contribution is 5.03. The van der Waals surface area contributed by atoms with Gasteiger partial charge in [0.2, 0.25) is 0 Å². The maximum Gasteiger partial charge on any atom is 0.139 e. The fourth-order valence-electron chi connectivity index (χ4n) is 1.13. The van der Waals surface area contributed by atoms with Crippen LogP contribution in [-0.4, -0.2) is 59.0 Å². The Morgan fingerprint density at radius 1 is 1.20 bits per heavy atom. The maximum absolute atomic E-state index is 9.87. The van der Waals surface area contributed by atoms with E-state index < -0.39 is 12.2 Å². The van der Waals surface area contributed by atoms with Crippen molar-refractivity contribution >= 4 is 0 Å². The molecule has 15 heavy (non-hydrogen) atoms. The summed E-state index contributed by atoms with van der Waals surface area (Å²) in [6, 6.07) is 0. The summed E-state index contributed by atoms with van der Waals surface area (Å²) < 4.78 is 19.9. The van der Waals surface area contributed by atoms with Gasteiger partial charge in [0.15, 0.2) is 0 Å². The summed E-state index contributed by atoms with van der Waals surface area (Å²) in [5.41, 5.74) is 0. The summed E-state index contributed by atoms with van der Waals surface area (Å²) in [6.45, 7) is 0.676. The molecule has 0 aliphatic carbocycles. The topological polar surface area (TPSA) is 57.2 Å². The number of ether oxygens (including phenoxy) is 4. The molecule has 0 unspecified atom stereocenters. The molecule has 0 bridgehead atoms. The number of aliphatic hydroxyl groups excluding tert-OH is 1. The minimum atomic E-state index is -0.852. The highest BCUT2D eigenvalue weighted by atomic mass is 16.5. The van der Waals surface area contributed by atoms with E-state index in [1.54, 1.807) is 20.3 Å². The zero-order valence-corrected chi connectivity index (χ0v) is 9.73. The summed E-state index contributed by atoms with van der Waals surface area (Å²) >= 11 is 0. The predicted octanol–water partition coefficient (Wildman–Crippen LogP) is 0.185. The van der Waals surface area contributed by atoms with Gasteiger partial charge in [-0.05, 0) is 6.08 Å². The zero-order valence-electron chi connectivity index (χ0n) is 9.73. The van der Waals surface area contributed by atoms with Gasteiger partial charge in [0.1, 0.15) is 18.0 Å². The third kappa shape index (κ3) is 5.13. The van der Waals surface area contributed by atoms with Crippen molar-refractivity contribution in [1.29, 1.82) is 0 Å². The Balaban J connectivity index is 4.38. The molecule has 0 spiro atoms. The van der Waals surface area contributed by atoms with Gasteiger partial charge in [-0.1, -0.05) is 0 Å². The lowest BCUT2D eigenvalue weighted by molar-refractivity contribution is -0.0529. The van der Waals surface area contributed by atoms with Crippen LogP contribution in [0.15, 0.2) is 11.8 Å². The van der Waals surface area contributed by atoms with Crippen LogP contribution in [-0.2, 0) is 18.9 Å². The summed E-state index contributed by atoms with van der Waals surface area (Å²) in [6.07, 6.45) is 0.361. The van der Waals surface area contributed by atoms with E-state index in [4.69, 9.17) is 18.9 Å². The average Bonchev–Trinajstić information content (AvgIpc) is 2.26. The molecule has 5 nitrogen and oxygen atoms in total. The first-order valence-corrected chi connectivity index (χ1v) is 4.64. The molecule has 0 heterocycles. The fraction of sp³-hybridized carbons (Fsp3) is 0.800. The van der Waals surface area contributed by atoms with Crippen molar-refractivity contribution in [2.75, 3.05) is 41.7 Å². The van der Waals surface area contributed by atoms with Gasteiger partial charge in [-0.25, -0.2) is 0 Å². The Hall–Kier alpha value is -0.620. The van der Waals surface area contributed by atoms with Crippen LogP contribution in [0.3, 0.4) is 0 Å². The minimum Gasteiger partial charge on any atom is -0.498 e. The molecule has 0 amide bonds. The molecule has 0 rings (SSSR count). The van der Waals surface area contributed by atoms with Crippen LogP contribution >= 0.6 is 0 Å². The van der Waals surface area contributed by atoms with Crippen LogP contribution < -0.4 is 0 Å². The fourth-order valence-corrected chi connectivity index (χ4v) is 1.13. The van der Waals surface area contributed by atoms with Crippen LogP contribution in [0.5, 0.6) is 0 Å². The molecule has 0 aromatic rings. The van der Waals surface area contributed by atoms with E-state index in [1.807, 2.05) is 0 Å². The molecule has 0 aliphatic heterocycles. The molecule has 0 aliphatic rings. The van der Waals surface area contributed by atoms with Gasteiger partial charge >= 0.3 is 0 Å². The van der Waals surface area contributed by atoms with Crippen molar-refractivity contribution < 1.29 is 24.1 Å². The first-order chi connectivity index (χ1) is 7.21. The average molecular weight is 220 g/mol. The Labute approximate surface area is 90.6 Å². The van der Waals surface area contributed by atoms with E-state index in [-0.39, 0.29) is 0 Å². The number of hydrogen-bond acceptors (Lipinski definition) is 5. The second kappa shape index (κ2) is 8.67. The van der Waals surface area contributed by atoms with Gasteiger partial charge in [0.25, 0.3) is 0 Å². The van der Waals surface area contributed by atoms with E-state index in [9.17, 15) is 5.11 Å². The van der Waals surface area contributed by atoms with Gasteiger partial charge in [0.05, 0.1) is 20.3 Å². The maximum atomic E-state index is 9.87. The third-order valence-electron chi connectivity index (χ3n) is 1.96. The lowest BCUT2D eigenvalue weighted by Crippen LogP contribution is -2.34. The van der Waals surface area contributed by atoms with Gasteiger partial charge in [-0.3, -0.25) is 0 Å². The van der Waals surface area contributed by atoms with Gasteiger partial charge in [-0.2, -0.15) is 0 Å². The lowest BCUT2D eigenvalue weighted by atomic mass is 10.1. The quantitative estimate of drug-likeness (QED) is 0.592. The number of methoxy groups -OCH3 is 4. The molecule has 2 atom stereocenters. The van der Waals surface area contributed by atoms with Crippen LogP contribution in [0, 0.1) is 0 Å². The molecule has 5 heteroatoms. The Morgan fingerprint density at radius 3 is 2.27 bits per heavy atom. The van der Waals surface area contributed by atoms with Crippen molar-refractivity contribution in [3.05, 3.63) is 11.8 Å². The normalized spacial score (nSPS) is 16.2.